The van der Waals surface area contributed by atoms with Crippen LogP contribution in [0.15, 0.2) is 0 Å². The van der Waals surface area contributed by atoms with E-state index in [1.807, 2.05) is 13.8 Å². The van der Waals surface area contributed by atoms with Crippen LogP contribution in [0.5, 0.6) is 0 Å². The molecule has 0 aromatic rings. The second-order valence-corrected chi connectivity index (χ2v) is 5.29. The van der Waals surface area contributed by atoms with Crippen LogP contribution in [0, 0.1) is 0 Å². The summed E-state index contributed by atoms with van der Waals surface area (Å²) in [6.45, 7) is 4.57. The van der Waals surface area contributed by atoms with Gasteiger partial charge in [-0.1, -0.05) is 0 Å². The molecule has 3 amide bonds. The Hall–Kier alpha value is -1.79. The Morgan fingerprint density at radius 2 is 2.05 bits per heavy atom. The molecular weight excluding hydrogens is 262 g/mol. The van der Waals surface area contributed by atoms with E-state index >= 15 is 0 Å². The van der Waals surface area contributed by atoms with Crippen molar-refractivity contribution in [2.45, 2.75) is 51.6 Å². The lowest BCUT2D eigenvalue weighted by molar-refractivity contribution is -0.138. The maximum absolute atomic E-state index is 11.9. The van der Waals surface area contributed by atoms with E-state index < -0.39 is 5.97 Å². The molecule has 7 heteroatoms. The lowest BCUT2D eigenvalue weighted by Crippen LogP contribution is -2.44. The van der Waals surface area contributed by atoms with Gasteiger partial charge in [0.15, 0.2) is 0 Å². The van der Waals surface area contributed by atoms with Crippen LogP contribution in [-0.4, -0.2) is 53.1 Å². The van der Waals surface area contributed by atoms with Gasteiger partial charge in [-0.25, -0.2) is 4.79 Å². The van der Waals surface area contributed by atoms with Crippen LogP contribution in [0.3, 0.4) is 0 Å². The molecule has 1 fully saturated rings. The summed E-state index contributed by atoms with van der Waals surface area (Å²) >= 11 is 0. The van der Waals surface area contributed by atoms with Gasteiger partial charge >= 0.3 is 12.0 Å². The van der Waals surface area contributed by atoms with Gasteiger partial charge in [0, 0.05) is 31.6 Å². The topological polar surface area (TPSA) is 98.7 Å². The van der Waals surface area contributed by atoms with Crippen molar-refractivity contribution in [2.75, 3.05) is 13.1 Å². The Kier molecular flexibility index (Phi) is 6.27. The minimum Gasteiger partial charge on any atom is -0.481 e. The van der Waals surface area contributed by atoms with Crippen LogP contribution in [0.1, 0.15) is 39.5 Å². The summed E-state index contributed by atoms with van der Waals surface area (Å²) in [6, 6.07) is -0.445. The van der Waals surface area contributed by atoms with Crippen molar-refractivity contribution in [3.05, 3.63) is 0 Å². The first-order chi connectivity index (χ1) is 9.40. The minimum atomic E-state index is -0.897. The van der Waals surface area contributed by atoms with Crippen molar-refractivity contribution in [2.24, 2.45) is 0 Å². The van der Waals surface area contributed by atoms with Gasteiger partial charge in [-0.15, -0.1) is 0 Å². The average Bonchev–Trinajstić information content (AvgIpc) is 2.74. The number of hydrogen-bond donors (Lipinski definition) is 3. The molecule has 1 saturated heterocycles. The highest BCUT2D eigenvalue weighted by molar-refractivity contribution is 5.79. The minimum absolute atomic E-state index is 0.0265. The number of carbonyl (C=O) groups is 3. The molecule has 20 heavy (non-hydrogen) atoms. The van der Waals surface area contributed by atoms with Crippen LogP contribution >= 0.6 is 0 Å². The van der Waals surface area contributed by atoms with Gasteiger partial charge in [0.1, 0.15) is 0 Å². The number of rotatable bonds is 6. The van der Waals surface area contributed by atoms with Crippen LogP contribution in [-0.2, 0) is 9.59 Å². The van der Waals surface area contributed by atoms with Crippen molar-refractivity contribution in [3.8, 4) is 0 Å². The van der Waals surface area contributed by atoms with Gasteiger partial charge in [0.25, 0.3) is 0 Å². The summed E-state index contributed by atoms with van der Waals surface area (Å²) in [4.78, 5) is 35.6. The Balaban J connectivity index is 2.31. The van der Waals surface area contributed by atoms with E-state index in [4.69, 9.17) is 5.11 Å². The van der Waals surface area contributed by atoms with Crippen LogP contribution in [0.4, 0.5) is 4.79 Å². The van der Waals surface area contributed by atoms with Gasteiger partial charge in [-0.3, -0.25) is 9.59 Å². The zero-order chi connectivity index (χ0) is 15.1. The van der Waals surface area contributed by atoms with Crippen molar-refractivity contribution in [1.82, 2.24) is 15.5 Å². The van der Waals surface area contributed by atoms with E-state index in [2.05, 4.69) is 10.6 Å². The molecule has 1 rings (SSSR count). The quantitative estimate of drug-likeness (QED) is 0.663. The number of urea groups is 1. The second kappa shape index (κ2) is 7.72. The molecule has 1 atom stereocenters. The maximum atomic E-state index is 11.9. The maximum Gasteiger partial charge on any atom is 0.317 e. The third-order valence-electron chi connectivity index (χ3n) is 3.13. The summed E-state index contributed by atoms with van der Waals surface area (Å²) in [5.74, 6) is -1.00. The lowest BCUT2D eigenvalue weighted by Gasteiger charge is -2.23. The van der Waals surface area contributed by atoms with Crippen molar-refractivity contribution >= 4 is 17.9 Å². The molecule has 3 N–H and O–H groups in total. The van der Waals surface area contributed by atoms with E-state index in [0.29, 0.717) is 13.0 Å². The highest BCUT2D eigenvalue weighted by Crippen LogP contribution is 2.19. The third-order valence-corrected chi connectivity index (χ3v) is 3.13. The number of aliphatic carboxylic acids is 1. The molecular formula is C13H23N3O4. The number of carbonyl (C=O) groups excluding carboxylic acids is 2. The number of likely N-dealkylation sites (tertiary alicyclic amines) is 1. The van der Waals surface area contributed by atoms with Gasteiger partial charge in [0.05, 0.1) is 6.42 Å². The zero-order valence-electron chi connectivity index (χ0n) is 12.0. The molecule has 1 aliphatic rings. The zero-order valence-corrected chi connectivity index (χ0v) is 12.0. The molecule has 7 nitrogen and oxygen atoms in total. The van der Waals surface area contributed by atoms with E-state index in [1.165, 1.54) is 0 Å². The monoisotopic (exact) mass is 285 g/mol. The lowest BCUT2D eigenvalue weighted by atomic mass is 10.1. The third kappa shape index (κ3) is 5.46. The summed E-state index contributed by atoms with van der Waals surface area (Å²) in [5.41, 5.74) is 0. The Morgan fingerprint density at radius 3 is 2.65 bits per heavy atom. The molecule has 1 aliphatic heterocycles. The predicted octanol–water partition coefficient (Wildman–Crippen LogP) is 0.550. The van der Waals surface area contributed by atoms with E-state index in [1.54, 1.807) is 4.90 Å². The average molecular weight is 285 g/mol. The Labute approximate surface area is 118 Å². The van der Waals surface area contributed by atoms with E-state index in [0.717, 1.165) is 6.42 Å². The standard InChI is InChI=1S/C13H23N3O4/c1-9(2)15-11(17)5-6-14-13(20)16-7-3-4-10(16)8-12(18)19/h9-10H,3-8H2,1-2H3,(H,14,20)(H,15,17)(H,18,19). The summed E-state index contributed by atoms with van der Waals surface area (Å²) in [5, 5.41) is 14.2. The molecule has 0 aromatic carbocycles. The fourth-order valence-electron chi connectivity index (χ4n) is 2.30. The predicted molar refractivity (Wildman–Crippen MR) is 73.3 cm³/mol. The number of nitrogens with one attached hydrogen (secondary N) is 2. The number of nitrogens with zero attached hydrogens (tertiary/aromatic N) is 1. The fraction of sp³-hybridized carbons (Fsp3) is 0.769. The van der Waals surface area contributed by atoms with Crippen molar-refractivity contribution < 1.29 is 19.5 Å². The number of carboxylic acid groups (broad SMARTS) is 1. The van der Waals surface area contributed by atoms with Crippen molar-refractivity contribution in [3.63, 3.8) is 0 Å². The van der Waals surface area contributed by atoms with Crippen LogP contribution in [0.2, 0.25) is 0 Å². The number of amides is 3. The highest BCUT2D eigenvalue weighted by Gasteiger charge is 2.30. The molecule has 1 heterocycles. The first-order valence-corrected chi connectivity index (χ1v) is 6.95. The molecule has 0 spiro atoms. The SMILES string of the molecule is CC(C)NC(=O)CCNC(=O)N1CCCC1CC(=O)O. The number of hydrogen-bond acceptors (Lipinski definition) is 3. The summed E-state index contributed by atoms with van der Waals surface area (Å²) in [7, 11) is 0. The highest BCUT2D eigenvalue weighted by atomic mass is 16.4. The molecule has 0 aromatic heterocycles. The molecule has 0 radical (unpaired) electrons. The molecule has 1 unspecified atom stereocenters. The van der Waals surface area contributed by atoms with E-state index in [9.17, 15) is 14.4 Å². The van der Waals surface area contributed by atoms with Gasteiger partial charge < -0.3 is 20.6 Å². The first-order valence-electron chi connectivity index (χ1n) is 6.95. The van der Waals surface area contributed by atoms with Gasteiger partial charge in [-0.2, -0.15) is 0 Å². The number of carboxylic acids is 1. The fourth-order valence-corrected chi connectivity index (χ4v) is 2.30. The first kappa shape index (κ1) is 16.3. The molecule has 0 aliphatic carbocycles. The second-order valence-electron chi connectivity index (χ2n) is 5.29. The largest absolute Gasteiger partial charge is 0.481 e. The van der Waals surface area contributed by atoms with Crippen LogP contribution in [0.25, 0.3) is 0 Å². The summed E-state index contributed by atoms with van der Waals surface area (Å²) < 4.78 is 0. The molecule has 114 valence electrons. The van der Waals surface area contributed by atoms with E-state index in [-0.39, 0.29) is 43.4 Å². The smallest absolute Gasteiger partial charge is 0.317 e. The molecule has 0 saturated carbocycles. The Morgan fingerprint density at radius 1 is 1.35 bits per heavy atom. The summed E-state index contributed by atoms with van der Waals surface area (Å²) in [6.07, 6.45) is 1.73. The van der Waals surface area contributed by atoms with Crippen molar-refractivity contribution in [1.29, 1.82) is 0 Å². The molecule has 0 bridgehead atoms. The van der Waals surface area contributed by atoms with Gasteiger partial charge in [-0.05, 0) is 26.7 Å². The normalized spacial score (nSPS) is 18.1. The van der Waals surface area contributed by atoms with Crippen LogP contribution < -0.4 is 10.6 Å². The Bertz CT molecular complexity index is 371. The van der Waals surface area contributed by atoms with Gasteiger partial charge in [0.2, 0.25) is 5.91 Å².